The van der Waals surface area contributed by atoms with E-state index in [0.29, 0.717) is 0 Å². The van der Waals surface area contributed by atoms with Crippen molar-refractivity contribution in [3.63, 3.8) is 0 Å². The average Bonchev–Trinajstić information content (AvgIpc) is 2.01. The van der Waals surface area contributed by atoms with Crippen molar-refractivity contribution in [3.8, 4) is 0 Å². The molecule has 1 heterocycles. The number of halogens is 4. The van der Waals surface area contributed by atoms with Crippen molar-refractivity contribution in [1.29, 1.82) is 0 Å². The molecule has 0 fully saturated rings. The van der Waals surface area contributed by atoms with Crippen LogP contribution in [0.2, 0.25) is 5.28 Å². The lowest BCUT2D eigenvalue weighted by atomic mass is 10.4. The molecule has 0 aliphatic heterocycles. The largest absolute Gasteiger partial charge is 0.433 e. The van der Waals surface area contributed by atoms with E-state index < -0.39 is 11.9 Å². The maximum Gasteiger partial charge on any atom is 0.433 e. The quantitative estimate of drug-likeness (QED) is 0.420. The van der Waals surface area contributed by atoms with Gasteiger partial charge in [-0.3, -0.25) is 0 Å². The summed E-state index contributed by atoms with van der Waals surface area (Å²) in [7, 11) is 0. The van der Waals surface area contributed by atoms with Crippen LogP contribution in [0.3, 0.4) is 0 Å². The van der Waals surface area contributed by atoms with E-state index in [1.807, 2.05) is 0 Å². The van der Waals surface area contributed by atoms with E-state index in [9.17, 15) is 13.2 Å². The summed E-state index contributed by atoms with van der Waals surface area (Å²) >= 11 is 6.38. The zero-order chi connectivity index (χ0) is 10.1. The monoisotopic (exact) mass is 228 g/mol. The summed E-state index contributed by atoms with van der Waals surface area (Å²) in [4.78, 5) is 6.65. The Labute approximate surface area is 81.5 Å². The van der Waals surface area contributed by atoms with Crippen molar-refractivity contribution in [2.24, 2.45) is 0 Å². The Kier molecular flexibility index (Phi) is 3.02. The highest BCUT2D eigenvalue weighted by atomic mass is 35.5. The van der Waals surface area contributed by atoms with Crippen LogP contribution in [0.15, 0.2) is 11.1 Å². The van der Waals surface area contributed by atoms with Crippen LogP contribution in [0.4, 0.5) is 13.2 Å². The van der Waals surface area contributed by atoms with E-state index in [-0.39, 0.29) is 10.3 Å². The molecule has 13 heavy (non-hydrogen) atoms. The van der Waals surface area contributed by atoms with E-state index in [0.717, 1.165) is 17.8 Å². The molecular formula is C6H4ClF3N2S. The van der Waals surface area contributed by atoms with E-state index in [2.05, 4.69) is 9.97 Å². The van der Waals surface area contributed by atoms with E-state index in [1.54, 1.807) is 6.26 Å². The Morgan fingerprint density at radius 3 is 2.46 bits per heavy atom. The van der Waals surface area contributed by atoms with Gasteiger partial charge in [0.2, 0.25) is 5.28 Å². The molecule has 0 aliphatic carbocycles. The van der Waals surface area contributed by atoms with Gasteiger partial charge < -0.3 is 0 Å². The maximum absolute atomic E-state index is 12.1. The van der Waals surface area contributed by atoms with Gasteiger partial charge in [0.1, 0.15) is 5.03 Å². The van der Waals surface area contributed by atoms with Crippen LogP contribution in [0, 0.1) is 0 Å². The second-order valence-electron chi connectivity index (χ2n) is 2.06. The van der Waals surface area contributed by atoms with Crippen LogP contribution in [0.5, 0.6) is 0 Å². The first-order valence-electron chi connectivity index (χ1n) is 3.09. The average molecular weight is 229 g/mol. The zero-order valence-corrected chi connectivity index (χ0v) is 7.96. The number of thioether (sulfide) groups is 1. The number of hydrogen-bond donors (Lipinski definition) is 0. The summed E-state index contributed by atoms with van der Waals surface area (Å²) in [5.74, 6) is 0. The Morgan fingerprint density at radius 2 is 2.00 bits per heavy atom. The van der Waals surface area contributed by atoms with Gasteiger partial charge in [0.15, 0.2) is 5.69 Å². The van der Waals surface area contributed by atoms with Crippen LogP contribution in [-0.2, 0) is 6.18 Å². The predicted molar refractivity (Wildman–Crippen MR) is 43.8 cm³/mol. The molecule has 0 unspecified atom stereocenters. The van der Waals surface area contributed by atoms with Crippen molar-refractivity contribution >= 4 is 23.4 Å². The number of aromatic nitrogens is 2. The highest BCUT2D eigenvalue weighted by molar-refractivity contribution is 7.98. The number of nitrogens with zero attached hydrogens (tertiary/aromatic N) is 2. The third-order valence-electron chi connectivity index (χ3n) is 1.17. The maximum atomic E-state index is 12.1. The normalized spacial score (nSPS) is 11.8. The Morgan fingerprint density at radius 1 is 1.38 bits per heavy atom. The minimum absolute atomic E-state index is 0.201. The summed E-state index contributed by atoms with van der Waals surface area (Å²) < 4.78 is 36.4. The zero-order valence-electron chi connectivity index (χ0n) is 6.39. The second kappa shape index (κ2) is 3.71. The minimum atomic E-state index is -4.48. The molecule has 72 valence electrons. The summed E-state index contributed by atoms with van der Waals surface area (Å²) in [6.07, 6.45) is -2.87. The first-order chi connectivity index (χ1) is 5.93. The molecule has 0 bridgehead atoms. The third kappa shape index (κ3) is 2.73. The highest BCUT2D eigenvalue weighted by Gasteiger charge is 2.33. The molecule has 1 aromatic rings. The smallest absolute Gasteiger partial charge is 0.213 e. The fraction of sp³-hybridized carbons (Fsp3) is 0.333. The first-order valence-corrected chi connectivity index (χ1v) is 4.69. The van der Waals surface area contributed by atoms with Crippen LogP contribution in [0.1, 0.15) is 5.69 Å². The molecular weight excluding hydrogens is 225 g/mol. The van der Waals surface area contributed by atoms with Crippen molar-refractivity contribution in [2.75, 3.05) is 6.26 Å². The molecule has 0 amide bonds. The molecule has 0 atom stereocenters. The SMILES string of the molecule is CSc1cc(C(F)(F)F)nc(Cl)n1. The van der Waals surface area contributed by atoms with E-state index in [1.165, 1.54) is 0 Å². The topological polar surface area (TPSA) is 25.8 Å². The van der Waals surface area contributed by atoms with Gasteiger partial charge in [0.05, 0.1) is 0 Å². The molecule has 0 spiro atoms. The summed E-state index contributed by atoms with van der Waals surface area (Å²) in [5.41, 5.74) is -1.02. The molecule has 7 heteroatoms. The van der Waals surface area contributed by atoms with E-state index >= 15 is 0 Å². The van der Waals surface area contributed by atoms with Crippen LogP contribution in [-0.4, -0.2) is 16.2 Å². The molecule has 0 aromatic carbocycles. The lowest BCUT2D eigenvalue weighted by Crippen LogP contribution is -2.08. The Hall–Kier alpha value is -0.490. The standard InChI is InChI=1S/C6H4ClF3N2S/c1-13-4-2-3(6(8,9)10)11-5(7)12-4/h2H,1H3. The predicted octanol–water partition coefficient (Wildman–Crippen LogP) is 2.87. The van der Waals surface area contributed by atoms with Gasteiger partial charge in [-0.2, -0.15) is 13.2 Å². The second-order valence-corrected chi connectivity index (χ2v) is 3.23. The van der Waals surface area contributed by atoms with E-state index in [4.69, 9.17) is 11.6 Å². The molecule has 0 saturated heterocycles. The Bertz CT molecular complexity index is 315. The minimum Gasteiger partial charge on any atom is -0.213 e. The van der Waals surface area contributed by atoms with Crippen LogP contribution in [0.25, 0.3) is 0 Å². The molecule has 0 saturated carbocycles. The number of hydrogen-bond acceptors (Lipinski definition) is 3. The third-order valence-corrected chi connectivity index (χ3v) is 1.97. The molecule has 0 radical (unpaired) electrons. The fourth-order valence-corrected chi connectivity index (χ4v) is 1.29. The summed E-state index contributed by atoms with van der Waals surface area (Å²) in [5, 5.41) is -0.188. The van der Waals surface area contributed by atoms with Gasteiger partial charge in [0, 0.05) is 6.07 Å². The van der Waals surface area contributed by atoms with Gasteiger partial charge >= 0.3 is 6.18 Å². The first kappa shape index (κ1) is 10.6. The van der Waals surface area contributed by atoms with Gasteiger partial charge in [-0.05, 0) is 17.9 Å². The van der Waals surface area contributed by atoms with Crippen LogP contribution < -0.4 is 0 Å². The van der Waals surface area contributed by atoms with Gasteiger partial charge in [-0.15, -0.1) is 11.8 Å². The Balaban J connectivity index is 3.16. The highest BCUT2D eigenvalue weighted by Crippen LogP contribution is 2.30. The van der Waals surface area contributed by atoms with Gasteiger partial charge in [-0.25, -0.2) is 9.97 Å². The van der Waals surface area contributed by atoms with Crippen molar-refractivity contribution in [2.45, 2.75) is 11.2 Å². The number of rotatable bonds is 1. The summed E-state index contributed by atoms with van der Waals surface area (Å²) in [6, 6.07) is 0.858. The van der Waals surface area contributed by atoms with Crippen molar-refractivity contribution in [3.05, 3.63) is 17.0 Å². The molecule has 0 N–H and O–H groups in total. The van der Waals surface area contributed by atoms with Gasteiger partial charge in [0.25, 0.3) is 0 Å². The van der Waals surface area contributed by atoms with Gasteiger partial charge in [-0.1, -0.05) is 0 Å². The molecule has 0 aliphatic rings. The fourth-order valence-electron chi connectivity index (χ4n) is 0.647. The molecule has 1 rings (SSSR count). The molecule has 1 aromatic heterocycles. The number of alkyl halides is 3. The lowest BCUT2D eigenvalue weighted by molar-refractivity contribution is -0.141. The lowest BCUT2D eigenvalue weighted by Gasteiger charge is -2.06. The van der Waals surface area contributed by atoms with Crippen LogP contribution >= 0.6 is 23.4 Å². The summed E-state index contributed by atoms with van der Waals surface area (Å²) in [6.45, 7) is 0. The molecule has 2 nitrogen and oxygen atoms in total. The van der Waals surface area contributed by atoms with Crippen molar-refractivity contribution in [1.82, 2.24) is 9.97 Å². The van der Waals surface area contributed by atoms with Crippen molar-refractivity contribution < 1.29 is 13.2 Å².